The van der Waals surface area contributed by atoms with Gasteiger partial charge >= 0.3 is 5.69 Å². The van der Waals surface area contributed by atoms with Crippen molar-refractivity contribution in [3.8, 4) is 16.9 Å². The second-order valence-electron chi connectivity index (χ2n) is 10.0. The van der Waals surface area contributed by atoms with Crippen molar-refractivity contribution in [1.82, 2.24) is 18.9 Å². The van der Waals surface area contributed by atoms with E-state index in [2.05, 4.69) is 6.07 Å². The zero-order valence-electron chi connectivity index (χ0n) is 22.1. The van der Waals surface area contributed by atoms with Crippen molar-refractivity contribution in [2.24, 2.45) is 7.05 Å². The third kappa shape index (κ3) is 5.23. The van der Waals surface area contributed by atoms with Crippen LogP contribution in [0.15, 0.2) is 58.3 Å². The summed E-state index contributed by atoms with van der Waals surface area (Å²) in [5.74, 6) is 0.235. The van der Waals surface area contributed by atoms with Gasteiger partial charge in [0.15, 0.2) is 0 Å². The van der Waals surface area contributed by atoms with Gasteiger partial charge in [-0.1, -0.05) is 48.0 Å². The van der Waals surface area contributed by atoms with Crippen molar-refractivity contribution >= 4 is 23.4 Å². The molecule has 1 fully saturated rings. The Morgan fingerprint density at radius 3 is 2.41 bits per heavy atom. The molecule has 2 aromatic carbocycles. The van der Waals surface area contributed by atoms with Crippen molar-refractivity contribution in [1.29, 1.82) is 0 Å². The summed E-state index contributed by atoms with van der Waals surface area (Å²) in [6.07, 6.45) is 4.00. The molecule has 39 heavy (non-hydrogen) atoms. The Labute approximate surface area is 231 Å². The lowest BCUT2D eigenvalue weighted by molar-refractivity contribution is -0.136. The third-order valence-electron chi connectivity index (χ3n) is 7.78. The first-order valence-corrected chi connectivity index (χ1v) is 13.4. The topological polar surface area (TPSA) is 93.8 Å². The number of carbonyl (C=O) groups excluding carboxylic acids is 2. The molecule has 2 amide bonds. The number of likely N-dealkylation sites (tertiary alicyclic amines) is 1. The highest BCUT2D eigenvalue weighted by Gasteiger charge is 2.31. The fourth-order valence-corrected chi connectivity index (χ4v) is 5.87. The Morgan fingerprint density at radius 1 is 0.974 bits per heavy atom. The predicted molar refractivity (Wildman–Crippen MR) is 148 cm³/mol. The zero-order chi connectivity index (χ0) is 27.7. The maximum atomic E-state index is 13.2. The predicted octanol–water partition coefficient (Wildman–Crippen LogP) is 2.49. The van der Waals surface area contributed by atoms with Gasteiger partial charge in [-0.2, -0.15) is 0 Å². The monoisotopic (exact) mass is 550 g/mol. The summed E-state index contributed by atoms with van der Waals surface area (Å²) in [6.45, 7) is 1.47. The zero-order valence-corrected chi connectivity index (χ0v) is 22.8. The molecule has 1 saturated heterocycles. The summed E-state index contributed by atoms with van der Waals surface area (Å²) in [6, 6.07) is 13.2. The maximum Gasteiger partial charge on any atom is 0.331 e. The summed E-state index contributed by atoms with van der Waals surface area (Å²) in [7, 11) is 2.84. The second-order valence-corrected chi connectivity index (χ2v) is 10.4. The number of fused-ring (bicyclic) bond motifs is 1. The number of rotatable bonds is 5. The molecule has 204 valence electrons. The summed E-state index contributed by atoms with van der Waals surface area (Å²) >= 11 is 6.25. The van der Waals surface area contributed by atoms with Crippen LogP contribution in [0.5, 0.6) is 5.75 Å². The van der Waals surface area contributed by atoms with Crippen molar-refractivity contribution in [3.05, 3.63) is 85.6 Å². The van der Waals surface area contributed by atoms with E-state index in [9.17, 15) is 19.2 Å². The molecule has 0 bridgehead atoms. The molecule has 2 aliphatic rings. The van der Waals surface area contributed by atoms with Crippen LogP contribution in [0, 0.1) is 0 Å². The number of methoxy groups -OCH3 is 1. The summed E-state index contributed by atoms with van der Waals surface area (Å²) in [5.41, 5.74) is 1.88. The Kier molecular flexibility index (Phi) is 7.61. The highest BCUT2D eigenvalue weighted by molar-refractivity contribution is 6.32. The van der Waals surface area contributed by atoms with E-state index in [0.29, 0.717) is 55.2 Å². The number of carbonyl (C=O) groups is 2. The molecule has 2 aliphatic heterocycles. The first-order chi connectivity index (χ1) is 18.8. The lowest BCUT2D eigenvalue weighted by Gasteiger charge is -2.38. The Hall–Kier alpha value is -3.85. The third-order valence-corrected chi connectivity index (χ3v) is 8.08. The van der Waals surface area contributed by atoms with Crippen LogP contribution in [0.2, 0.25) is 5.02 Å². The van der Waals surface area contributed by atoms with Gasteiger partial charge in [-0.15, -0.1) is 0 Å². The molecule has 3 aromatic rings. The number of hydrogen-bond acceptors (Lipinski definition) is 5. The number of hydrogen-bond donors (Lipinski definition) is 0. The molecule has 3 heterocycles. The Bertz CT molecular complexity index is 1540. The minimum Gasteiger partial charge on any atom is -0.495 e. The largest absolute Gasteiger partial charge is 0.495 e. The number of para-hydroxylation sites is 1. The minimum atomic E-state index is -0.581. The molecule has 10 heteroatoms. The first kappa shape index (κ1) is 26.7. The van der Waals surface area contributed by atoms with Crippen LogP contribution in [0.3, 0.4) is 0 Å². The van der Waals surface area contributed by atoms with Crippen LogP contribution in [-0.2, 0) is 36.0 Å². The Balaban J connectivity index is 1.29. The number of aromatic nitrogens is 2. The van der Waals surface area contributed by atoms with E-state index >= 15 is 0 Å². The smallest absolute Gasteiger partial charge is 0.331 e. The number of nitrogens with zero attached hydrogens (tertiary/aromatic N) is 4. The van der Waals surface area contributed by atoms with Crippen LogP contribution < -0.4 is 16.0 Å². The summed E-state index contributed by atoms with van der Waals surface area (Å²) in [4.78, 5) is 55.8. The van der Waals surface area contributed by atoms with E-state index in [1.54, 1.807) is 23.1 Å². The van der Waals surface area contributed by atoms with Gasteiger partial charge in [0.05, 0.1) is 24.1 Å². The van der Waals surface area contributed by atoms with Gasteiger partial charge in [-0.05, 0) is 36.5 Å². The van der Waals surface area contributed by atoms with Gasteiger partial charge in [0.1, 0.15) is 12.3 Å². The standard InChI is InChI=1S/C29H31ClN4O5/c1-31-28(37)23(22-8-5-9-24(30)27(22)39-2)17-33(29(31)38)18-26(36)32-13-11-21(12-14-32)34-15-10-19-6-3-4-7-20(19)16-25(34)35/h3-9,17,21H,10-16,18H2,1-2H3. The van der Waals surface area contributed by atoms with E-state index in [0.717, 1.165) is 16.6 Å². The van der Waals surface area contributed by atoms with Gasteiger partial charge in [-0.25, -0.2) is 4.79 Å². The fourth-order valence-electron chi connectivity index (χ4n) is 5.62. The van der Waals surface area contributed by atoms with Gasteiger partial charge in [-0.3, -0.25) is 23.5 Å². The lowest BCUT2D eigenvalue weighted by atomic mass is 10.0. The number of benzene rings is 2. The number of halogens is 1. The molecule has 0 N–H and O–H groups in total. The number of ether oxygens (including phenoxy) is 1. The quantitative estimate of drug-likeness (QED) is 0.486. The SMILES string of the molecule is COc1c(Cl)cccc1-c1cn(CC(=O)N2CCC(N3CCc4ccccc4CC3=O)CC2)c(=O)n(C)c1=O. The summed E-state index contributed by atoms with van der Waals surface area (Å²) in [5, 5.41) is 0.334. The molecule has 0 spiro atoms. The average Bonchev–Trinajstić information content (AvgIpc) is 3.11. The van der Waals surface area contributed by atoms with Crippen LogP contribution in [0.25, 0.3) is 11.1 Å². The van der Waals surface area contributed by atoms with E-state index in [1.165, 1.54) is 30.5 Å². The van der Waals surface area contributed by atoms with E-state index in [4.69, 9.17) is 16.3 Å². The van der Waals surface area contributed by atoms with Gasteiger partial charge < -0.3 is 14.5 Å². The van der Waals surface area contributed by atoms with Gasteiger partial charge in [0, 0.05) is 44.5 Å². The van der Waals surface area contributed by atoms with Crippen LogP contribution in [0.4, 0.5) is 0 Å². The van der Waals surface area contributed by atoms with E-state index in [-0.39, 0.29) is 30.0 Å². The molecule has 9 nitrogen and oxygen atoms in total. The summed E-state index contributed by atoms with van der Waals surface area (Å²) < 4.78 is 7.63. The van der Waals surface area contributed by atoms with E-state index < -0.39 is 11.2 Å². The number of piperidine rings is 1. The average molecular weight is 551 g/mol. The van der Waals surface area contributed by atoms with Crippen molar-refractivity contribution in [2.75, 3.05) is 26.7 Å². The van der Waals surface area contributed by atoms with Gasteiger partial charge in [0.2, 0.25) is 11.8 Å². The highest BCUT2D eigenvalue weighted by atomic mass is 35.5. The molecule has 0 aliphatic carbocycles. The highest BCUT2D eigenvalue weighted by Crippen LogP contribution is 2.34. The fraction of sp³-hybridized carbons (Fsp3) is 0.379. The second kappa shape index (κ2) is 11.1. The Morgan fingerprint density at radius 2 is 1.69 bits per heavy atom. The van der Waals surface area contributed by atoms with Crippen LogP contribution >= 0.6 is 11.6 Å². The number of amides is 2. The maximum absolute atomic E-state index is 13.2. The van der Waals surface area contributed by atoms with Crippen molar-refractivity contribution in [3.63, 3.8) is 0 Å². The van der Waals surface area contributed by atoms with Crippen molar-refractivity contribution in [2.45, 2.75) is 38.3 Å². The molecule has 5 rings (SSSR count). The molecule has 1 aromatic heterocycles. The van der Waals surface area contributed by atoms with Crippen LogP contribution in [0.1, 0.15) is 24.0 Å². The molecule has 0 saturated carbocycles. The first-order valence-electron chi connectivity index (χ1n) is 13.1. The molecule has 0 radical (unpaired) electrons. The molecular formula is C29H31ClN4O5. The minimum absolute atomic E-state index is 0.0815. The van der Waals surface area contributed by atoms with E-state index in [1.807, 2.05) is 23.1 Å². The van der Waals surface area contributed by atoms with Crippen molar-refractivity contribution < 1.29 is 14.3 Å². The molecule has 0 atom stereocenters. The van der Waals surface area contributed by atoms with Gasteiger partial charge in [0.25, 0.3) is 5.56 Å². The van der Waals surface area contributed by atoms with Crippen LogP contribution in [-0.4, -0.2) is 63.5 Å². The normalized spacial score (nSPS) is 16.1. The molecule has 0 unspecified atom stereocenters. The molecular weight excluding hydrogens is 520 g/mol. The lowest BCUT2D eigenvalue weighted by Crippen LogP contribution is -2.50.